The zero-order valence-corrected chi connectivity index (χ0v) is 10.2. The zero-order chi connectivity index (χ0) is 12.8. The summed E-state index contributed by atoms with van der Waals surface area (Å²) in [6.45, 7) is 5.95. The maximum atomic E-state index is 11.6. The molecule has 0 spiro atoms. The molecule has 2 rings (SSSR count). The van der Waals surface area contributed by atoms with Gasteiger partial charge in [0.15, 0.2) is 0 Å². The van der Waals surface area contributed by atoms with Gasteiger partial charge < -0.3 is 4.74 Å². The van der Waals surface area contributed by atoms with Crippen LogP contribution in [0.3, 0.4) is 0 Å². The molecule has 0 saturated heterocycles. The lowest BCUT2D eigenvalue weighted by atomic mass is 9.90. The summed E-state index contributed by atoms with van der Waals surface area (Å²) in [4.78, 5) is 27.5. The van der Waals surface area contributed by atoms with E-state index in [0.29, 0.717) is 5.56 Å². The molecule has 17 heavy (non-hydrogen) atoms. The van der Waals surface area contributed by atoms with Crippen molar-refractivity contribution in [2.24, 2.45) is 0 Å². The first kappa shape index (κ1) is 11.6. The summed E-state index contributed by atoms with van der Waals surface area (Å²) in [6, 6.07) is 1.65. The van der Waals surface area contributed by atoms with Crippen molar-refractivity contribution in [2.45, 2.75) is 26.2 Å². The number of fused-ring (bicyclic) bond motifs is 1. The monoisotopic (exact) mass is 234 g/mol. The van der Waals surface area contributed by atoms with Gasteiger partial charge in [-0.2, -0.15) is 0 Å². The fourth-order valence-corrected chi connectivity index (χ4v) is 1.69. The number of carbonyl (C=O) groups excluding carboxylic acids is 2. The molecule has 0 radical (unpaired) electrons. The zero-order valence-electron chi connectivity index (χ0n) is 10.2. The number of amides is 2. The highest BCUT2D eigenvalue weighted by molar-refractivity contribution is 6.22. The molecule has 1 N–H and O–H groups in total. The maximum absolute atomic E-state index is 11.6. The van der Waals surface area contributed by atoms with Gasteiger partial charge in [0.05, 0.1) is 18.4 Å². The normalized spacial score (nSPS) is 14.6. The smallest absolute Gasteiger partial charge is 0.264 e. The first-order valence-electron chi connectivity index (χ1n) is 5.30. The van der Waals surface area contributed by atoms with Gasteiger partial charge in [-0.3, -0.25) is 14.9 Å². The molecular formula is C12H14N2O3. The molecule has 1 aliphatic heterocycles. The van der Waals surface area contributed by atoms with Crippen LogP contribution in [0.4, 0.5) is 0 Å². The number of ether oxygens (including phenoxy) is 1. The molecule has 0 unspecified atom stereocenters. The SMILES string of the molecule is COc1nc(C(C)(C)C)cc2c1C(=O)NC2=O. The molecule has 1 aromatic heterocycles. The summed E-state index contributed by atoms with van der Waals surface area (Å²) in [5.74, 6) is -0.637. The van der Waals surface area contributed by atoms with Gasteiger partial charge in [-0.1, -0.05) is 20.8 Å². The third kappa shape index (κ3) is 1.77. The third-order valence-electron chi connectivity index (χ3n) is 2.65. The summed E-state index contributed by atoms with van der Waals surface area (Å²) >= 11 is 0. The van der Waals surface area contributed by atoms with E-state index in [9.17, 15) is 9.59 Å². The van der Waals surface area contributed by atoms with E-state index in [1.165, 1.54) is 7.11 Å². The van der Waals surface area contributed by atoms with Gasteiger partial charge in [-0.25, -0.2) is 4.98 Å². The Bertz CT molecular complexity index is 515. The molecule has 5 heteroatoms. The van der Waals surface area contributed by atoms with Crippen molar-refractivity contribution in [1.29, 1.82) is 0 Å². The van der Waals surface area contributed by atoms with E-state index in [1.54, 1.807) is 6.07 Å². The van der Waals surface area contributed by atoms with Crippen LogP contribution >= 0.6 is 0 Å². The second kappa shape index (κ2) is 3.55. The van der Waals surface area contributed by atoms with Gasteiger partial charge in [0.1, 0.15) is 5.56 Å². The van der Waals surface area contributed by atoms with E-state index in [0.717, 1.165) is 5.69 Å². The molecule has 1 aliphatic rings. The highest BCUT2D eigenvalue weighted by Gasteiger charge is 2.33. The lowest BCUT2D eigenvalue weighted by Crippen LogP contribution is -2.20. The number of nitrogens with zero attached hydrogens (tertiary/aromatic N) is 1. The Morgan fingerprint density at radius 3 is 2.41 bits per heavy atom. The van der Waals surface area contributed by atoms with Crippen LogP contribution in [-0.4, -0.2) is 23.9 Å². The van der Waals surface area contributed by atoms with E-state index in [-0.39, 0.29) is 16.9 Å². The minimum absolute atomic E-state index is 0.204. The summed E-state index contributed by atoms with van der Waals surface area (Å²) in [5, 5.41) is 2.24. The quantitative estimate of drug-likeness (QED) is 0.743. The Hall–Kier alpha value is -1.91. The van der Waals surface area contributed by atoms with E-state index < -0.39 is 11.8 Å². The highest BCUT2D eigenvalue weighted by Crippen LogP contribution is 2.30. The fraction of sp³-hybridized carbons (Fsp3) is 0.417. The number of pyridine rings is 1. The second-order valence-electron chi connectivity index (χ2n) is 4.97. The Balaban J connectivity index is 2.70. The fourth-order valence-electron chi connectivity index (χ4n) is 1.69. The average molecular weight is 234 g/mol. The van der Waals surface area contributed by atoms with Crippen LogP contribution in [0, 0.1) is 0 Å². The topological polar surface area (TPSA) is 68.3 Å². The first-order chi connectivity index (χ1) is 7.84. The van der Waals surface area contributed by atoms with Crippen LogP contribution in [0.25, 0.3) is 0 Å². The van der Waals surface area contributed by atoms with Crippen molar-refractivity contribution in [1.82, 2.24) is 10.3 Å². The van der Waals surface area contributed by atoms with Gasteiger partial charge in [0, 0.05) is 5.41 Å². The Kier molecular flexibility index (Phi) is 2.41. The van der Waals surface area contributed by atoms with Crippen LogP contribution in [0.2, 0.25) is 0 Å². The number of imide groups is 1. The van der Waals surface area contributed by atoms with Crippen molar-refractivity contribution in [2.75, 3.05) is 7.11 Å². The molecule has 2 heterocycles. The molecule has 0 bridgehead atoms. The predicted molar refractivity (Wildman–Crippen MR) is 61.3 cm³/mol. The number of carbonyl (C=O) groups is 2. The van der Waals surface area contributed by atoms with Crippen LogP contribution < -0.4 is 10.1 Å². The van der Waals surface area contributed by atoms with Crippen molar-refractivity contribution in [3.63, 3.8) is 0 Å². The van der Waals surface area contributed by atoms with Crippen molar-refractivity contribution in [3.8, 4) is 5.88 Å². The molecule has 0 aliphatic carbocycles. The maximum Gasteiger partial charge on any atom is 0.264 e. The van der Waals surface area contributed by atoms with Crippen LogP contribution in [0.5, 0.6) is 5.88 Å². The minimum atomic E-state index is -0.449. The van der Waals surface area contributed by atoms with Gasteiger partial charge in [-0.05, 0) is 6.07 Å². The number of aromatic nitrogens is 1. The van der Waals surface area contributed by atoms with Gasteiger partial charge >= 0.3 is 0 Å². The van der Waals surface area contributed by atoms with E-state index in [2.05, 4.69) is 10.3 Å². The second-order valence-corrected chi connectivity index (χ2v) is 4.97. The molecule has 0 saturated carbocycles. The number of rotatable bonds is 1. The largest absolute Gasteiger partial charge is 0.480 e. The molecule has 2 amide bonds. The average Bonchev–Trinajstić information content (AvgIpc) is 2.52. The summed E-state index contributed by atoms with van der Waals surface area (Å²) in [6.07, 6.45) is 0. The Labute approximate surface area is 99.2 Å². The molecule has 1 aromatic rings. The molecule has 90 valence electrons. The van der Waals surface area contributed by atoms with E-state index in [1.807, 2.05) is 20.8 Å². The number of hydrogen-bond acceptors (Lipinski definition) is 4. The van der Waals surface area contributed by atoms with Crippen molar-refractivity contribution in [3.05, 3.63) is 22.9 Å². The Morgan fingerprint density at radius 2 is 1.88 bits per heavy atom. The van der Waals surface area contributed by atoms with Crippen LogP contribution in [0.15, 0.2) is 6.07 Å². The highest BCUT2D eigenvalue weighted by atomic mass is 16.5. The number of hydrogen-bond donors (Lipinski definition) is 1. The predicted octanol–water partition coefficient (Wildman–Crippen LogP) is 1.27. The van der Waals surface area contributed by atoms with Gasteiger partial charge in [0.25, 0.3) is 11.8 Å². The van der Waals surface area contributed by atoms with Crippen LogP contribution in [0.1, 0.15) is 47.2 Å². The first-order valence-corrected chi connectivity index (χ1v) is 5.30. The molecule has 0 atom stereocenters. The molecule has 0 aromatic carbocycles. The molecular weight excluding hydrogens is 220 g/mol. The number of methoxy groups -OCH3 is 1. The summed E-state index contributed by atoms with van der Waals surface area (Å²) in [5.41, 5.74) is 1.07. The van der Waals surface area contributed by atoms with Crippen molar-refractivity contribution < 1.29 is 14.3 Å². The third-order valence-corrected chi connectivity index (χ3v) is 2.65. The molecule has 5 nitrogen and oxygen atoms in total. The van der Waals surface area contributed by atoms with Gasteiger partial charge in [0.2, 0.25) is 5.88 Å². The van der Waals surface area contributed by atoms with Crippen LogP contribution in [-0.2, 0) is 5.41 Å². The standard InChI is InChI=1S/C12H14N2O3/c1-12(2,3)7-5-6-8(11(13-7)17-4)10(16)14-9(6)15/h5H,1-4H3,(H,14,15,16). The van der Waals surface area contributed by atoms with E-state index in [4.69, 9.17) is 4.74 Å². The number of nitrogens with one attached hydrogen (secondary N) is 1. The lowest BCUT2D eigenvalue weighted by Gasteiger charge is -2.19. The lowest BCUT2D eigenvalue weighted by molar-refractivity contribution is 0.0879. The van der Waals surface area contributed by atoms with Crippen molar-refractivity contribution >= 4 is 11.8 Å². The minimum Gasteiger partial charge on any atom is -0.480 e. The van der Waals surface area contributed by atoms with E-state index >= 15 is 0 Å². The summed E-state index contributed by atoms with van der Waals surface area (Å²) in [7, 11) is 1.44. The van der Waals surface area contributed by atoms with Gasteiger partial charge in [-0.15, -0.1) is 0 Å². The molecule has 0 fully saturated rings. The Morgan fingerprint density at radius 1 is 1.24 bits per heavy atom. The summed E-state index contributed by atoms with van der Waals surface area (Å²) < 4.78 is 5.09.